The van der Waals surface area contributed by atoms with E-state index in [1.165, 1.54) is 12.1 Å². The van der Waals surface area contributed by atoms with Crippen LogP contribution in [0, 0.1) is 10.1 Å². The topological polar surface area (TPSA) is 137 Å². The van der Waals surface area contributed by atoms with E-state index >= 15 is 0 Å². The number of carbonyl (C=O) groups excluding carboxylic acids is 1. The van der Waals surface area contributed by atoms with Crippen molar-refractivity contribution in [3.8, 4) is 0 Å². The van der Waals surface area contributed by atoms with Gasteiger partial charge >= 0.3 is 0 Å². The van der Waals surface area contributed by atoms with Gasteiger partial charge in [-0.3, -0.25) is 14.9 Å². The first-order chi connectivity index (χ1) is 15.0. The minimum atomic E-state index is -0.544. The first-order valence-electron chi connectivity index (χ1n) is 10.3. The average molecular weight is 422 g/mol. The zero-order valence-corrected chi connectivity index (χ0v) is 16.8. The molecule has 0 radical (unpaired) electrons. The van der Waals surface area contributed by atoms with E-state index in [-0.39, 0.29) is 17.3 Å². The first kappa shape index (κ1) is 19.4. The highest BCUT2D eigenvalue weighted by Gasteiger charge is 2.38. The summed E-state index contributed by atoms with van der Waals surface area (Å²) in [4.78, 5) is 35.1. The van der Waals surface area contributed by atoms with Gasteiger partial charge in [-0.2, -0.15) is 9.97 Å². The van der Waals surface area contributed by atoms with Crippen molar-refractivity contribution < 1.29 is 14.5 Å². The second-order valence-electron chi connectivity index (χ2n) is 7.85. The lowest BCUT2D eigenvalue weighted by Crippen LogP contribution is -2.38. The number of aromatic nitrogens is 2. The van der Waals surface area contributed by atoms with E-state index in [2.05, 4.69) is 10.3 Å². The second kappa shape index (κ2) is 7.62. The molecule has 0 bridgehead atoms. The number of hydrogen-bond donors (Lipinski definition) is 2. The molecule has 2 aliphatic heterocycles. The van der Waals surface area contributed by atoms with Gasteiger partial charge < -0.3 is 20.7 Å². The molecule has 3 aliphatic rings. The Morgan fingerprint density at radius 3 is 2.81 bits per heavy atom. The molecule has 31 heavy (non-hydrogen) atoms. The zero-order valence-electron chi connectivity index (χ0n) is 16.8. The Bertz CT molecular complexity index is 1110. The maximum Gasteiger partial charge on any atom is 0.269 e. The Hall–Kier alpha value is -3.53. The van der Waals surface area contributed by atoms with Gasteiger partial charge in [0.25, 0.3) is 5.69 Å². The van der Waals surface area contributed by atoms with Crippen LogP contribution in [0.3, 0.4) is 0 Å². The molecule has 3 N–H and O–H groups in total. The molecule has 1 saturated heterocycles. The van der Waals surface area contributed by atoms with E-state index < -0.39 is 10.8 Å². The zero-order chi connectivity index (χ0) is 21.5. The third-order valence-electron chi connectivity index (χ3n) is 5.97. The number of fused-ring (bicyclic) bond motifs is 1. The second-order valence-corrected chi connectivity index (χ2v) is 7.85. The van der Waals surface area contributed by atoms with Gasteiger partial charge in [-0.25, -0.2) is 0 Å². The summed E-state index contributed by atoms with van der Waals surface area (Å²) in [5.74, 6) is 0.806. The van der Waals surface area contributed by atoms with E-state index in [4.69, 9.17) is 15.5 Å². The summed E-state index contributed by atoms with van der Waals surface area (Å²) >= 11 is 0. The van der Waals surface area contributed by atoms with E-state index in [0.717, 1.165) is 12.1 Å². The quantitative estimate of drug-likeness (QED) is 0.564. The number of Topliss-reactive ketones (excluding diaryl/α,β-unsaturated/α-hetero) is 1. The van der Waals surface area contributed by atoms with Gasteiger partial charge in [0.2, 0.25) is 5.95 Å². The molecule has 5 rings (SSSR count). The fourth-order valence-electron chi connectivity index (χ4n) is 4.53. The summed E-state index contributed by atoms with van der Waals surface area (Å²) in [5, 5.41) is 14.7. The molecule has 0 spiro atoms. The molecule has 1 aromatic carbocycles. The van der Waals surface area contributed by atoms with Crippen LogP contribution in [-0.2, 0) is 9.53 Å². The number of non-ortho nitro benzene ring substituents is 1. The van der Waals surface area contributed by atoms with Crippen LogP contribution in [0.4, 0.5) is 23.3 Å². The molecule has 1 aliphatic carbocycles. The summed E-state index contributed by atoms with van der Waals surface area (Å²) in [6, 6.07) is 6.35. The summed E-state index contributed by atoms with van der Waals surface area (Å²) < 4.78 is 5.41. The van der Waals surface area contributed by atoms with Crippen LogP contribution in [-0.4, -0.2) is 47.0 Å². The van der Waals surface area contributed by atoms with Gasteiger partial charge in [0.1, 0.15) is 11.6 Å². The number of nitrogens with zero attached hydrogens (tertiary/aromatic N) is 4. The number of rotatable bonds is 3. The predicted molar refractivity (Wildman–Crippen MR) is 114 cm³/mol. The van der Waals surface area contributed by atoms with Crippen molar-refractivity contribution >= 4 is 29.1 Å². The molecule has 10 heteroatoms. The molecule has 10 nitrogen and oxygen atoms in total. The molecule has 3 heterocycles. The number of nitro benzene ring substituents is 1. The number of ketones is 1. The van der Waals surface area contributed by atoms with E-state index in [1.54, 1.807) is 12.1 Å². The third kappa shape index (κ3) is 3.38. The van der Waals surface area contributed by atoms with Crippen molar-refractivity contribution in [2.24, 2.45) is 0 Å². The Morgan fingerprint density at radius 2 is 2.03 bits per heavy atom. The number of anilines is 3. The largest absolute Gasteiger partial charge is 0.383 e. The fraction of sp³-hybridized carbons (Fsp3) is 0.381. The third-order valence-corrected chi connectivity index (χ3v) is 5.97. The molecule has 0 saturated carbocycles. The molecule has 160 valence electrons. The lowest BCUT2D eigenvalue weighted by atomic mass is 9.76. The molecule has 1 atom stereocenters. The SMILES string of the molecule is Nc1nc(N2CCOCC2)nc2c1[C@H](c1cccc([N+](=O)[O-])c1)C1=C(CCCC1=O)N2. The summed E-state index contributed by atoms with van der Waals surface area (Å²) in [6.07, 6.45) is 1.90. The summed E-state index contributed by atoms with van der Waals surface area (Å²) in [6.45, 7) is 2.51. The van der Waals surface area contributed by atoms with Crippen LogP contribution in [0.15, 0.2) is 35.5 Å². The molecule has 2 aromatic rings. The highest BCUT2D eigenvalue weighted by Crippen LogP contribution is 2.47. The lowest BCUT2D eigenvalue weighted by molar-refractivity contribution is -0.384. The van der Waals surface area contributed by atoms with Crippen LogP contribution >= 0.6 is 0 Å². The standard InChI is InChI=1S/C21H22N6O4/c22-19-18-16(12-3-1-4-13(11-12)27(29)30)17-14(5-2-6-15(17)28)23-20(18)25-21(24-19)26-7-9-31-10-8-26/h1,3-4,11,16H,2,5-10H2,(H3,22,23,24,25)/t16-/m1/s1. The maximum atomic E-state index is 12.9. The fourth-order valence-corrected chi connectivity index (χ4v) is 4.53. The number of morpholine rings is 1. The number of benzene rings is 1. The first-order valence-corrected chi connectivity index (χ1v) is 10.3. The number of nitrogens with two attached hydrogens (primary N) is 1. The summed E-state index contributed by atoms with van der Waals surface area (Å²) in [5.41, 5.74) is 9.03. The Morgan fingerprint density at radius 1 is 1.23 bits per heavy atom. The van der Waals surface area contributed by atoms with Gasteiger partial charge in [0.05, 0.1) is 18.1 Å². The molecule has 0 amide bonds. The van der Waals surface area contributed by atoms with E-state index in [9.17, 15) is 14.9 Å². The van der Waals surface area contributed by atoms with Crippen LogP contribution < -0.4 is 16.0 Å². The molecule has 1 aromatic heterocycles. The Kier molecular flexibility index (Phi) is 4.78. The van der Waals surface area contributed by atoms with Crippen molar-refractivity contribution in [1.29, 1.82) is 0 Å². The number of ether oxygens (including phenoxy) is 1. The van der Waals surface area contributed by atoms with Crippen molar-refractivity contribution in [1.82, 2.24) is 9.97 Å². The number of carbonyl (C=O) groups is 1. The van der Waals surface area contributed by atoms with Gasteiger partial charge in [-0.15, -0.1) is 0 Å². The van der Waals surface area contributed by atoms with Crippen molar-refractivity contribution in [2.75, 3.05) is 42.3 Å². The van der Waals surface area contributed by atoms with Crippen molar-refractivity contribution in [3.63, 3.8) is 0 Å². The van der Waals surface area contributed by atoms with Gasteiger partial charge in [0, 0.05) is 54.4 Å². The van der Waals surface area contributed by atoms with E-state index in [0.29, 0.717) is 67.6 Å². The molecule has 0 unspecified atom stereocenters. The van der Waals surface area contributed by atoms with Crippen LogP contribution in [0.1, 0.15) is 36.3 Å². The highest BCUT2D eigenvalue weighted by molar-refractivity contribution is 6.01. The van der Waals surface area contributed by atoms with Gasteiger partial charge in [-0.05, 0) is 18.4 Å². The monoisotopic (exact) mass is 422 g/mol. The van der Waals surface area contributed by atoms with Crippen LogP contribution in [0.2, 0.25) is 0 Å². The predicted octanol–water partition coefficient (Wildman–Crippen LogP) is 2.37. The number of nitrogen functional groups attached to an aromatic ring is 1. The number of hydrogen-bond acceptors (Lipinski definition) is 9. The Labute approximate surface area is 178 Å². The van der Waals surface area contributed by atoms with Crippen LogP contribution in [0.25, 0.3) is 0 Å². The minimum Gasteiger partial charge on any atom is -0.383 e. The smallest absolute Gasteiger partial charge is 0.269 e. The average Bonchev–Trinajstić information content (AvgIpc) is 2.78. The lowest BCUT2D eigenvalue weighted by Gasteiger charge is -2.35. The van der Waals surface area contributed by atoms with Crippen LogP contribution in [0.5, 0.6) is 0 Å². The molecular formula is C21H22N6O4. The van der Waals surface area contributed by atoms with E-state index in [1.807, 2.05) is 4.90 Å². The Balaban J connectivity index is 1.67. The van der Waals surface area contributed by atoms with Gasteiger partial charge in [0.15, 0.2) is 5.78 Å². The number of allylic oxidation sites excluding steroid dienone is 2. The van der Waals surface area contributed by atoms with Crippen molar-refractivity contribution in [3.05, 3.63) is 56.8 Å². The maximum absolute atomic E-state index is 12.9. The van der Waals surface area contributed by atoms with Crippen molar-refractivity contribution in [2.45, 2.75) is 25.2 Å². The minimum absolute atomic E-state index is 0.0209. The number of nitro groups is 1. The summed E-state index contributed by atoms with van der Waals surface area (Å²) in [7, 11) is 0. The highest BCUT2D eigenvalue weighted by atomic mass is 16.6. The molecule has 1 fully saturated rings. The molecular weight excluding hydrogens is 400 g/mol. The number of nitrogens with one attached hydrogen (secondary N) is 1. The van der Waals surface area contributed by atoms with Gasteiger partial charge in [-0.1, -0.05) is 12.1 Å². The normalized spacial score (nSPS) is 20.7.